The van der Waals surface area contributed by atoms with Crippen molar-refractivity contribution in [1.29, 1.82) is 0 Å². The fraction of sp³-hybridized carbons (Fsp3) is 0.323. The molecule has 0 atom stereocenters. The summed E-state index contributed by atoms with van der Waals surface area (Å²) >= 11 is 0. The molecule has 2 heteroatoms. The van der Waals surface area contributed by atoms with Crippen LogP contribution in [0, 0.1) is 19.8 Å². The van der Waals surface area contributed by atoms with Crippen LogP contribution in [-0.2, 0) is 0 Å². The van der Waals surface area contributed by atoms with Crippen molar-refractivity contribution in [2.24, 2.45) is 16.6 Å². The number of benzene rings is 2. The van der Waals surface area contributed by atoms with Gasteiger partial charge in [-0.1, -0.05) is 67.8 Å². The van der Waals surface area contributed by atoms with Crippen LogP contribution in [0.3, 0.4) is 0 Å². The first-order valence-electron chi connectivity index (χ1n) is 12.0. The van der Waals surface area contributed by atoms with Gasteiger partial charge in [0.15, 0.2) is 0 Å². The number of nitrogens with two attached hydrogens (primary N) is 1. The predicted octanol–water partition coefficient (Wildman–Crippen LogP) is 8.36. The molecule has 1 fully saturated rings. The fourth-order valence-corrected chi connectivity index (χ4v) is 4.55. The van der Waals surface area contributed by atoms with Crippen LogP contribution in [0.25, 0.3) is 5.57 Å². The first kappa shape index (κ1) is 24.5. The Bertz CT molecular complexity index is 1060. The molecule has 0 heterocycles. The van der Waals surface area contributed by atoms with Crippen LogP contribution in [0.15, 0.2) is 90.1 Å². The van der Waals surface area contributed by atoms with Crippen LogP contribution in [0.2, 0.25) is 0 Å². The van der Waals surface area contributed by atoms with E-state index in [1.165, 1.54) is 42.4 Å². The maximum atomic E-state index is 5.80. The van der Waals surface area contributed by atoms with E-state index in [0.29, 0.717) is 11.8 Å². The molecule has 0 saturated heterocycles. The summed E-state index contributed by atoms with van der Waals surface area (Å²) in [6.07, 6.45) is 14.1. The standard InChI is InChI=1S/C31H38N2/c1-6-26(21-33-31-19-22(2)7-8-24(31)4)10-9-23(3)28-15-17-30(18-16-28)29-13-11-27(12-14-29)20-25(5)32/h6-10,15-19,21,27,29H,3,5,11-14,20,32H2,1-2,4H3/b10-9-,26-6+,33-21?. The summed E-state index contributed by atoms with van der Waals surface area (Å²) in [6.45, 7) is 14.4. The molecule has 2 N–H and O–H groups in total. The molecule has 0 aromatic heterocycles. The van der Waals surface area contributed by atoms with Gasteiger partial charge in [-0.05, 0) is 104 Å². The van der Waals surface area contributed by atoms with Gasteiger partial charge in [0.25, 0.3) is 0 Å². The molecule has 2 nitrogen and oxygen atoms in total. The van der Waals surface area contributed by atoms with E-state index in [4.69, 9.17) is 5.73 Å². The summed E-state index contributed by atoms with van der Waals surface area (Å²) < 4.78 is 0. The van der Waals surface area contributed by atoms with Crippen LogP contribution >= 0.6 is 0 Å². The molecule has 2 aromatic rings. The Morgan fingerprint density at radius 1 is 1.00 bits per heavy atom. The van der Waals surface area contributed by atoms with Crippen molar-refractivity contribution in [1.82, 2.24) is 0 Å². The average Bonchev–Trinajstić information content (AvgIpc) is 2.81. The van der Waals surface area contributed by atoms with Gasteiger partial charge in [0.05, 0.1) is 5.69 Å². The first-order valence-corrected chi connectivity index (χ1v) is 12.0. The summed E-state index contributed by atoms with van der Waals surface area (Å²) in [6, 6.07) is 15.3. The van der Waals surface area contributed by atoms with Crippen LogP contribution in [-0.4, -0.2) is 6.21 Å². The normalized spacial score (nSPS) is 19.3. The van der Waals surface area contributed by atoms with Crippen molar-refractivity contribution in [2.45, 2.75) is 58.8 Å². The molecular formula is C31H38N2. The average molecular weight is 439 g/mol. The Morgan fingerprint density at radius 2 is 1.70 bits per heavy atom. The number of nitrogens with zero attached hydrogens (tertiary/aromatic N) is 1. The van der Waals surface area contributed by atoms with Gasteiger partial charge < -0.3 is 5.73 Å². The molecule has 0 unspecified atom stereocenters. The number of hydrogen-bond donors (Lipinski definition) is 1. The number of rotatable bonds is 8. The molecule has 3 rings (SSSR count). The largest absolute Gasteiger partial charge is 0.403 e. The monoisotopic (exact) mass is 438 g/mol. The topological polar surface area (TPSA) is 38.4 Å². The summed E-state index contributed by atoms with van der Waals surface area (Å²) in [4.78, 5) is 4.69. The summed E-state index contributed by atoms with van der Waals surface area (Å²) in [7, 11) is 0. The van der Waals surface area contributed by atoms with E-state index in [9.17, 15) is 0 Å². The van der Waals surface area contributed by atoms with E-state index in [-0.39, 0.29) is 0 Å². The van der Waals surface area contributed by atoms with Crippen molar-refractivity contribution < 1.29 is 0 Å². The predicted molar refractivity (Wildman–Crippen MR) is 145 cm³/mol. The molecule has 1 aliphatic rings. The van der Waals surface area contributed by atoms with Crippen LogP contribution < -0.4 is 5.73 Å². The highest BCUT2D eigenvalue weighted by Gasteiger charge is 2.22. The Labute approximate surface area is 200 Å². The van der Waals surface area contributed by atoms with Crippen LogP contribution in [0.5, 0.6) is 0 Å². The second-order valence-electron chi connectivity index (χ2n) is 9.40. The molecule has 0 radical (unpaired) electrons. The minimum Gasteiger partial charge on any atom is -0.403 e. The fourth-order valence-electron chi connectivity index (χ4n) is 4.55. The van der Waals surface area contributed by atoms with Gasteiger partial charge in [-0.2, -0.15) is 0 Å². The molecule has 0 aliphatic heterocycles. The number of hydrogen-bond acceptors (Lipinski definition) is 2. The highest BCUT2D eigenvalue weighted by molar-refractivity contribution is 5.86. The Kier molecular flexibility index (Phi) is 8.65. The molecule has 1 saturated carbocycles. The van der Waals surface area contributed by atoms with E-state index in [0.717, 1.165) is 34.5 Å². The van der Waals surface area contributed by atoms with Crippen molar-refractivity contribution in [2.75, 3.05) is 0 Å². The SMILES string of the molecule is C=C(N)CC1CCC(c2ccc(C(=C)/C=C\C(C=Nc3cc(C)ccc3C)=C/C)cc2)CC1. The van der Waals surface area contributed by atoms with Gasteiger partial charge in [0, 0.05) is 11.9 Å². The molecule has 0 amide bonds. The van der Waals surface area contributed by atoms with Gasteiger partial charge in [-0.25, -0.2) is 0 Å². The summed E-state index contributed by atoms with van der Waals surface area (Å²) in [5, 5.41) is 0. The third-order valence-electron chi connectivity index (χ3n) is 6.68. The van der Waals surface area contributed by atoms with Gasteiger partial charge in [-0.3, -0.25) is 4.99 Å². The summed E-state index contributed by atoms with van der Waals surface area (Å²) in [5.41, 5.74) is 14.7. The molecular weight excluding hydrogens is 400 g/mol. The first-order chi connectivity index (χ1) is 15.9. The second kappa shape index (κ2) is 11.7. The van der Waals surface area contributed by atoms with Gasteiger partial charge >= 0.3 is 0 Å². The molecule has 33 heavy (non-hydrogen) atoms. The lowest BCUT2D eigenvalue weighted by Crippen LogP contribution is -2.15. The zero-order chi connectivity index (χ0) is 23.8. The highest BCUT2D eigenvalue weighted by Crippen LogP contribution is 2.37. The van der Waals surface area contributed by atoms with Gasteiger partial charge in [-0.15, -0.1) is 0 Å². The van der Waals surface area contributed by atoms with E-state index < -0.39 is 0 Å². The lowest BCUT2D eigenvalue weighted by atomic mass is 9.77. The maximum absolute atomic E-state index is 5.80. The minimum absolute atomic E-state index is 0.654. The third kappa shape index (κ3) is 7.18. The number of aryl methyl sites for hydroxylation is 2. The Balaban J connectivity index is 1.59. The zero-order valence-electron chi connectivity index (χ0n) is 20.5. The molecule has 2 aromatic carbocycles. The van der Waals surface area contributed by atoms with Crippen LogP contribution in [0.4, 0.5) is 5.69 Å². The zero-order valence-corrected chi connectivity index (χ0v) is 20.5. The van der Waals surface area contributed by atoms with E-state index in [1.54, 1.807) is 0 Å². The number of aliphatic imine (C=N–C) groups is 1. The van der Waals surface area contributed by atoms with Crippen molar-refractivity contribution in [3.05, 3.63) is 107 Å². The van der Waals surface area contributed by atoms with Crippen molar-refractivity contribution in [3.63, 3.8) is 0 Å². The number of allylic oxidation sites excluding steroid dienone is 6. The second-order valence-corrected chi connectivity index (χ2v) is 9.40. The van der Waals surface area contributed by atoms with Gasteiger partial charge in [0.2, 0.25) is 0 Å². The molecule has 0 bridgehead atoms. The molecule has 0 spiro atoms. The maximum Gasteiger partial charge on any atom is 0.0661 e. The van der Waals surface area contributed by atoms with Crippen molar-refractivity contribution >= 4 is 17.5 Å². The smallest absolute Gasteiger partial charge is 0.0661 e. The van der Waals surface area contributed by atoms with Crippen LogP contribution in [0.1, 0.15) is 67.2 Å². The van der Waals surface area contributed by atoms with Gasteiger partial charge in [0.1, 0.15) is 0 Å². The molecule has 1 aliphatic carbocycles. The van der Waals surface area contributed by atoms with E-state index in [1.807, 2.05) is 13.1 Å². The van der Waals surface area contributed by atoms with E-state index in [2.05, 4.69) is 92.7 Å². The molecule has 172 valence electrons. The Morgan fingerprint density at radius 3 is 2.33 bits per heavy atom. The van der Waals surface area contributed by atoms with E-state index >= 15 is 0 Å². The highest BCUT2D eigenvalue weighted by atomic mass is 14.7. The third-order valence-corrected chi connectivity index (χ3v) is 6.68. The summed E-state index contributed by atoms with van der Waals surface area (Å²) in [5.74, 6) is 1.36. The lowest BCUT2D eigenvalue weighted by molar-refractivity contribution is 0.323. The minimum atomic E-state index is 0.654. The lowest BCUT2D eigenvalue weighted by Gasteiger charge is -2.29. The Hall–Kier alpha value is -3.13. The van der Waals surface area contributed by atoms with Crippen molar-refractivity contribution in [3.8, 4) is 0 Å². The quantitative estimate of drug-likeness (QED) is 0.326.